The molecule has 1 aromatic carbocycles. The normalized spacial score (nSPS) is 14.6. The minimum atomic E-state index is -0.604. The first-order valence-corrected chi connectivity index (χ1v) is 9.62. The molecule has 3 N–H and O–H groups in total. The van der Waals surface area contributed by atoms with Crippen molar-refractivity contribution >= 4 is 35.0 Å². The third kappa shape index (κ3) is 6.85. The second-order valence-corrected chi connectivity index (χ2v) is 7.84. The Labute approximate surface area is 171 Å². The second kappa shape index (κ2) is 9.49. The number of anilines is 3. The molecule has 9 nitrogen and oxygen atoms in total. The molecule has 0 atom stereocenters. The van der Waals surface area contributed by atoms with Crippen LogP contribution in [-0.4, -0.2) is 61.3 Å². The maximum atomic E-state index is 12.5. The van der Waals surface area contributed by atoms with Gasteiger partial charge in [-0.25, -0.2) is 4.79 Å². The molecule has 0 unspecified atom stereocenters. The Morgan fingerprint density at radius 2 is 1.97 bits per heavy atom. The first kappa shape index (κ1) is 22.3. The SMILES string of the molecule is CC(=O)OCCCNc1ccc(N2CCN(C(=O)OC(C)(C)C)CC2=O)cc1N. The summed E-state index contributed by atoms with van der Waals surface area (Å²) in [7, 11) is 0. The van der Waals surface area contributed by atoms with Crippen LogP contribution < -0.4 is 16.0 Å². The van der Waals surface area contributed by atoms with Crippen molar-refractivity contribution in [2.45, 2.75) is 39.7 Å². The van der Waals surface area contributed by atoms with Crippen LogP contribution in [0.25, 0.3) is 0 Å². The Hall–Kier alpha value is -2.97. The van der Waals surface area contributed by atoms with Crippen LogP contribution in [0.1, 0.15) is 34.1 Å². The smallest absolute Gasteiger partial charge is 0.410 e. The van der Waals surface area contributed by atoms with Gasteiger partial charge < -0.3 is 25.4 Å². The summed E-state index contributed by atoms with van der Waals surface area (Å²) in [5.74, 6) is -0.492. The number of nitrogen functional groups attached to an aromatic ring is 1. The van der Waals surface area contributed by atoms with Crippen LogP contribution in [0.15, 0.2) is 18.2 Å². The fourth-order valence-electron chi connectivity index (χ4n) is 2.82. The molecule has 1 aliphatic rings. The minimum absolute atomic E-state index is 0.0367. The van der Waals surface area contributed by atoms with Gasteiger partial charge in [-0.15, -0.1) is 0 Å². The zero-order valence-electron chi connectivity index (χ0n) is 17.5. The molecule has 0 radical (unpaired) electrons. The van der Waals surface area contributed by atoms with E-state index in [1.807, 2.05) is 12.1 Å². The molecule has 1 aromatic rings. The van der Waals surface area contributed by atoms with Crippen molar-refractivity contribution in [3.05, 3.63) is 18.2 Å². The zero-order valence-corrected chi connectivity index (χ0v) is 17.5. The van der Waals surface area contributed by atoms with Crippen molar-refractivity contribution in [3.8, 4) is 0 Å². The lowest BCUT2D eigenvalue weighted by atomic mass is 10.2. The molecule has 1 saturated heterocycles. The summed E-state index contributed by atoms with van der Waals surface area (Å²) < 4.78 is 10.2. The highest BCUT2D eigenvalue weighted by atomic mass is 16.6. The molecule has 0 bridgehead atoms. The van der Waals surface area contributed by atoms with Gasteiger partial charge in [0.2, 0.25) is 5.91 Å². The van der Waals surface area contributed by atoms with Crippen LogP contribution in [0.3, 0.4) is 0 Å². The van der Waals surface area contributed by atoms with E-state index in [2.05, 4.69) is 5.32 Å². The van der Waals surface area contributed by atoms with Crippen molar-refractivity contribution < 1.29 is 23.9 Å². The molecule has 0 spiro atoms. The van der Waals surface area contributed by atoms with Crippen molar-refractivity contribution in [1.82, 2.24) is 4.90 Å². The number of esters is 1. The van der Waals surface area contributed by atoms with Crippen molar-refractivity contribution in [1.29, 1.82) is 0 Å². The number of hydrogen-bond donors (Lipinski definition) is 2. The molecular weight excluding hydrogens is 376 g/mol. The lowest BCUT2D eigenvalue weighted by Gasteiger charge is -2.35. The number of rotatable bonds is 6. The number of carbonyl (C=O) groups is 3. The highest BCUT2D eigenvalue weighted by molar-refractivity contribution is 5.98. The molecule has 29 heavy (non-hydrogen) atoms. The van der Waals surface area contributed by atoms with E-state index in [1.165, 1.54) is 11.8 Å². The van der Waals surface area contributed by atoms with Gasteiger partial charge >= 0.3 is 12.1 Å². The van der Waals surface area contributed by atoms with Gasteiger partial charge in [-0.3, -0.25) is 14.5 Å². The van der Waals surface area contributed by atoms with Crippen LogP contribution in [0.2, 0.25) is 0 Å². The number of ether oxygens (including phenoxy) is 2. The quantitative estimate of drug-likeness (QED) is 0.423. The van der Waals surface area contributed by atoms with Gasteiger partial charge in [-0.2, -0.15) is 0 Å². The maximum absolute atomic E-state index is 12.5. The third-order valence-corrected chi connectivity index (χ3v) is 4.16. The lowest BCUT2D eigenvalue weighted by Crippen LogP contribution is -2.53. The lowest BCUT2D eigenvalue weighted by molar-refractivity contribution is -0.140. The maximum Gasteiger partial charge on any atom is 0.410 e. The highest BCUT2D eigenvalue weighted by Gasteiger charge is 2.31. The number of piperazine rings is 1. The van der Waals surface area contributed by atoms with Gasteiger partial charge in [0.05, 0.1) is 18.0 Å². The van der Waals surface area contributed by atoms with Crippen molar-refractivity contribution in [2.24, 2.45) is 0 Å². The summed E-state index contributed by atoms with van der Waals surface area (Å²) in [5, 5.41) is 3.18. The predicted octanol–water partition coefficient (Wildman–Crippen LogP) is 2.22. The number of benzene rings is 1. The average molecular weight is 406 g/mol. The fourth-order valence-corrected chi connectivity index (χ4v) is 2.82. The Balaban J connectivity index is 1.91. The second-order valence-electron chi connectivity index (χ2n) is 7.84. The molecule has 1 aliphatic heterocycles. The molecular formula is C20H30N4O5. The fraction of sp³-hybridized carbons (Fsp3) is 0.550. The van der Waals surface area contributed by atoms with Gasteiger partial charge in [0, 0.05) is 32.2 Å². The molecule has 0 aromatic heterocycles. The van der Waals surface area contributed by atoms with Crippen LogP contribution in [0, 0.1) is 0 Å². The van der Waals surface area contributed by atoms with Crippen LogP contribution in [0.4, 0.5) is 21.9 Å². The minimum Gasteiger partial charge on any atom is -0.466 e. The molecule has 160 valence electrons. The largest absolute Gasteiger partial charge is 0.466 e. The van der Waals surface area contributed by atoms with E-state index in [4.69, 9.17) is 15.2 Å². The van der Waals surface area contributed by atoms with Crippen LogP contribution in [0.5, 0.6) is 0 Å². The van der Waals surface area contributed by atoms with E-state index in [9.17, 15) is 14.4 Å². The topological polar surface area (TPSA) is 114 Å². The van der Waals surface area contributed by atoms with Gasteiger partial charge in [-0.05, 0) is 45.4 Å². The van der Waals surface area contributed by atoms with E-state index in [0.717, 1.165) is 5.69 Å². The summed E-state index contributed by atoms with van der Waals surface area (Å²) >= 11 is 0. The summed E-state index contributed by atoms with van der Waals surface area (Å²) in [5.41, 5.74) is 7.45. The number of nitrogens with two attached hydrogens (primary N) is 1. The predicted molar refractivity (Wildman–Crippen MR) is 111 cm³/mol. The van der Waals surface area contributed by atoms with Crippen molar-refractivity contribution in [2.75, 3.05) is 48.7 Å². The standard InChI is InChI=1S/C20H30N4O5/c1-14(25)28-11-5-8-22-17-7-6-15(12-16(17)21)24-10-9-23(13-18(24)26)19(27)29-20(2,3)4/h6-7,12,22H,5,8-11,13,21H2,1-4H3. The van der Waals surface area contributed by atoms with Gasteiger partial charge in [0.15, 0.2) is 0 Å². The number of hydrogen-bond acceptors (Lipinski definition) is 7. The van der Waals surface area contributed by atoms with E-state index >= 15 is 0 Å². The third-order valence-electron chi connectivity index (χ3n) is 4.16. The number of amides is 2. The molecule has 9 heteroatoms. The zero-order chi connectivity index (χ0) is 21.6. The summed E-state index contributed by atoms with van der Waals surface area (Å²) in [6.07, 6.45) is 0.171. The summed E-state index contributed by atoms with van der Waals surface area (Å²) in [6.45, 7) is 8.40. The molecule has 2 rings (SSSR count). The molecule has 2 amide bonds. The molecule has 0 aliphatic carbocycles. The molecule has 0 saturated carbocycles. The Morgan fingerprint density at radius 1 is 1.24 bits per heavy atom. The number of nitrogens with zero attached hydrogens (tertiary/aromatic N) is 2. The van der Waals surface area contributed by atoms with Crippen LogP contribution in [-0.2, 0) is 19.1 Å². The van der Waals surface area contributed by atoms with Gasteiger partial charge in [-0.1, -0.05) is 0 Å². The Bertz CT molecular complexity index is 760. The Morgan fingerprint density at radius 3 is 2.55 bits per heavy atom. The van der Waals surface area contributed by atoms with Crippen LogP contribution >= 0.6 is 0 Å². The highest BCUT2D eigenvalue weighted by Crippen LogP contribution is 2.27. The molecule has 1 fully saturated rings. The Kier molecular flexibility index (Phi) is 7.30. The van der Waals surface area contributed by atoms with E-state index in [-0.39, 0.29) is 18.4 Å². The first-order valence-electron chi connectivity index (χ1n) is 9.62. The average Bonchev–Trinajstić information content (AvgIpc) is 2.61. The van der Waals surface area contributed by atoms with Crippen molar-refractivity contribution in [3.63, 3.8) is 0 Å². The van der Waals surface area contributed by atoms with Gasteiger partial charge in [0.25, 0.3) is 0 Å². The monoisotopic (exact) mass is 406 g/mol. The first-order chi connectivity index (χ1) is 13.6. The number of nitrogens with one attached hydrogen (secondary N) is 1. The van der Waals surface area contributed by atoms with E-state index in [0.29, 0.717) is 44.0 Å². The molecule has 1 heterocycles. The summed E-state index contributed by atoms with van der Waals surface area (Å²) in [6, 6.07) is 5.35. The van der Waals surface area contributed by atoms with E-state index in [1.54, 1.807) is 31.7 Å². The number of carbonyl (C=O) groups excluding carboxylic acids is 3. The summed E-state index contributed by atoms with van der Waals surface area (Å²) in [4.78, 5) is 38.5. The van der Waals surface area contributed by atoms with E-state index < -0.39 is 11.7 Å². The van der Waals surface area contributed by atoms with Gasteiger partial charge in [0.1, 0.15) is 12.1 Å².